The molecular weight excluding hydrogens is 762 g/mol. The monoisotopic (exact) mass is 805 g/mol. The summed E-state index contributed by atoms with van der Waals surface area (Å²) in [6.45, 7) is 6.10. The van der Waals surface area contributed by atoms with Gasteiger partial charge in [-0.25, -0.2) is 0 Å². The van der Waals surface area contributed by atoms with E-state index in [1.165, 1.54) is 0 Å². The molecule has 15 nitrogen and oxygen atoms in total. The minimum atomic E-state index is -0.976. The van der Waals surface area contributed by atoms with Gasteiger partial charge in [0, 0.05) is 70.0 Å². The average molecular weight is 806 g/mol. The summed E-state index contributed by atoms with van der Waals surface area (Å²) >= 11 is 6.14. The molecule has 300 valence electrons. The first-order valence-electron chi connectivity index (χ1n) is 20.1. The summed E-state index contributed by atoms with van der Waals surface area (Å²) in [6, 6.07) is 15.3. The zero-order valence-electron chi connectivity index (χ0n) is 32.0. The lowest BCUT2D eigenvalue weighted by molar-refractivity contribution is -0.136. The zero-order valence-corrected chi connectivity index (χ0v) is 32.7. The van der Waals surface area contributed by atoms with Crippen molar-refractivity contribution in [1.82, 2.24) is 30.6 Å². The topological polar surface area (TPSA) is 181 Å². The molecule has 2 saturated carbocycles. The number of anilines is 2. The van der Waals surface area contributed by atoms with E-state index in [2.05, 4.69) is 41.6 Å². The predicted molar refractivity (Wildman–Crippen MR) is 211 cm³/mol. The molecule has 5 amide bonds. The molecule has 6 aliphatic rings. The maximum absolute atomic E-state index is 13.3. The molecule has 2 aliphatic carbocycles. The first-order valence-corrected chi connectivity index (χ1v) is 20.5. The van der Waals surface area contributed by atoms with Crippen molar-refractivity contribution in [3.05, 3.63) is 75.9 Å². The number of carbonyl (C=O) groups is 5. The Kier molecular flexibility index (Phi) is 10.0. The number of rotatable bonds is 9. The van der Waals surface area contributed by atoms with Crippen LogP contribution in [-0.2, 0) is 9.59 Å². The molecule has 0 bridgehead atoms. The summed E-state index contributed by atoms with van der Waals surface area (Å²) in [4.78, 5) is 71.4. The van der Waals surface area contributed by atoms with Crippen LogP contribution in [-0.4, -0.2) is 114 Å². The van der Waals surface area contributed by atoms with Crippen LogP contribution in [0, 0.1) is 22.7 Å². The summed E-state index contributed by atoms with van der Waals surface area (Å²) in [5, 5.41) is 23.5. The minimum absolute atomic E-state index is 0.0889. The van der Waals surface area contributed by atoms with Gasteiger partial charge in [0.25, 0.3) is 17.7 Å². The van der Waals surface area contributed by atoms with Gasteiger partial charge in [-0.2, -0.15) is 5.26 Å². The molecule has 9 rings (SSSR count). The van der Waals surface area contributed by atoms with Crippen LogP contribution in [0.15, 0.2) is 48.5 Å². The molecule has 3 aromatic rings. The van der Waals surface area contributed by atoms with Crippen molar-refractivity contribution in [3.8, 4) is 11.8 Å². The molecule has 4 aliphatic heterocycles. The Morgan fingerprint density at radius 2 is 1.64 bits per heavy atom. The fraction of sp³-hybridized carbons (Fsp3) is 0.476. The van der Waals surface area contributed by atoms with Gasteiger partial charge in [-0.15, -0.1) is 10.2 Å². The molecule has 2 aromatic carbocycles. The van der Waals surface area contributed by atoms with Crippen LogP contribution < -0.4 is 25.2 Å². The minimum Gasteiger partial charge on any atom is -0.490 e. The quantitative estimate of drug-likeness (QED) is 0.301. The maximum Gasteiger partial charge on any atom is 0.272 e. The van der Waals surface area contributed by atoms with Crippen LogP contribution in [0.3, 0.4) is 0 Å². The number of fused-ring (bicyclic) bond motifs is 1. The standard InChI is InChI=1S/C42H44ClN9O6/c43-33-18-29(3-1-26(33)23-44)58-30-21-42(22-30)19-27(20-42)45-38(54)34-5-7-36(48-47-34)51-11-9-25(10-12-51)24-49-13-15-50(16-14-49)28-2-4-31-32(17-28)41(57)52(40(31)56)35-6-8-37(53)46-39(35)55/h1-5,7,17-18,25,27,30,35H,6,8-16,19-22,24H2,(H,45,54)(H,46,53,55). The van der Waals surface area contributed by atoms with E-state index in [4.69, 9.17) is 21.6 Å². The van der Waals surface area contributed by atoms with Gasteiger partial charge in [-0.3, -0.25) is 39.1 Å². The fourth-order valence-corrected chi connectivity index (χ4v) is 9.90. The van der Waals surface area contributed by atoms with E-state index in [0.29, 0.717) is 33.5 Å². The van der Waals surface area contributed by atoms with Crippen LogP contribution in [0.1, 0.15) is 88.1 Å². The number of halogens is 1. The van der Waals surface area contributed by atoms with Crippen LogP contribution in [0.4, 0.5) is 11.5 Å². The summed E-state index contributed by atoms with van der Waals surface area (Å²) < 4.78 is 6.06. The molecular formula is C42H44ClN9O6. The number of aromatic nitrogens is 2. The number of benzene rings is 2. The highest BCUT2D eigenvalue weighted by Crippen LogP contribution is 2.57. The average Bonchev–Trinajstić information content (AvgIpc) is 3.44. The van der Waals surface area contributed by atoms with Crippen molar-refractivity contribution in [1.29, 1.82) is 5.26 Å². The first kappa shape index (κ1) is 38.0. The number of hydrogen-bond donors (Lipinski definition) is 2. The van der Waals surface area contributed by atoms with Gasteiger partial charge >= 0.3 is 0 Å². The van der Waals surface area contributed by atoms with Gasteiger partial charge in [-0.05, 0) is 98.7 Å². The van der Waals surface area contributed by atoms with E-state index in [-0.39, 0.29) is 41.9 Å². The Morgan fingerprint density at radius 3 is 2.33 bits per heavy atom. The Labute approximate surface area is 340 Å². The number of amides is 5. The molecule has 5 heterocycles. The van der Waals surface area contributed by atoms with Gasteiger partial charge in [0.2, 0.25) is 11.8 Å². The third kappa shape index (κ3) is 7.35. The maximum atomic E-state index is 13.3. The van der Waals surface area contributed by atoms with Crippen molar-refractivity contribution in [2.75, 3.05) is 55.6 Å². The lowest BCUT2D eigenvalue weighted by atomic mass is 9.53. The third-order valence-corrected chi connectivity index (χ3v) is 13.2. The molecule has 1 unspecified atom stereocenters. The number of carbonyl (C=O) groups excluding carboxylic acids is 5. The Hall–Kier alpha value is -5.59. The first-order chi connectivity index (χ1) is 28.0. The molecule has 1 spiro atoms. The predicted octanol–water partition coefficient (Wildman–Crippen LogP) is 3.56. The van der Waals surface area contributed by atoms with Crippen molar-refractivity contribution in [2.24, 2.45) is 11.3 Å². The van der Waals surface area contributed by atoms with E-state index in [1.807, 2.05) is 12.1 Å². The summed E-state index contributed by atoms with van der Waals surface area (Å²) in [5.41, 5.74) is 2.42. The summed E-state index contributed by atoms with van der Waals surface area (Å²) in [7, 11) is 0. The molecule has 5 fully saturated rings. The normalized spacial score (nSPS) is 26.1. The lowest BCUT2D eigenvalue weighted by Gasteiger charge is -2.57. The van der Waals surface area contributed by atoms with Crippen LogP contribution in [0.25, 0.3) is 0 Å². The Bertz CT molecular complexity index is 2200. The van der Waals surface area contributed by atoms with Crippen molar-refractivity contribution >= 4 is 52.6 Å². The molecule has 1 atom stereocenters. The second kappa shape index (κ2) is 15.3. The second-order valence-corrected chi connectivity index (χ2v) is 17.1. The number of ether oxygens (including phenoxy) is 1. The van der Waals surface area contributed by atoms with E-state index in [0.717, 1.165) is 101 Å². The highest BCUT2D eigenvalue weighted by molar-refractivity contribution is 6.31. The number of imide groups is 2. The van der Waals surface area contributed by atoms with Crippen molar-refractivity contribution < 1.29 is 28.7 Å². The zero-order chi connectivity index (χ0) is 40.1. The Morgan fingerprint density at radius 1 is 0.879 bits per heavy atom. The number of piperazine rings is 1. The van der Waals surface area contributed by atoms with Crippen molar-refractivity contribution in [2.45, 2.75) is 69.6 Å². The van der Waals surface area contributed by atoms with E-state index in [9.17, 15) is 24.0 Å². The van der Waals surface area contributed by atoms with Gasteiger partial charge in [0.05, 0.1) is 27.8 Å². The van der Waals surface area contributed by atoms with Gasteiger partial charge < -0.3 is 19.9 Å². The molecule has 16 heteroatoms. The molecule has 2 N–H and O–H groups in total. The van der Waals surface area contributed by atoms with Gasteiger partial charge in [0.1, 0.15) is 17.9 Å². The van der Waals surface area contributed by atoms with Gasteiger partial charge in [0.15, 0.2) is 11.5 Å². The summed E-state index contributed by atoms with van der Waals surface area (Å²) in [5.74, 6) is -0.179. The van der Waals surface area contributed by atoms with Crippen LogP contribution in [0.5, 0.6) is 5.75 Å². The summed E-state index contributed by atoms with van der Waals surface area (Å²) in [6.07, 6.45) is 6.09. The van der Waals surface area contributed by atoms with Gasteiger partial charge in [-0.1, -0.05) is 11.6 Å². The number of nitrogens with one attached hydrogen (secondary N) is 2. The fourth-order valence-electron chi connectivity index (χ4n) is 9.69. The molecule has 58 heavy (non-hydrogen) atoms. The van der Waals surface area contributed by atoms with E-state index >= 15 is 0 Å². The van der Waals surface area contributed by atoms with E-state index < -0.39 is 29.7 Å². The van der Waals surface area contributed by atoms with Crippen LogP contribution in [0.2, 0.25) is 5.02 Å². The number of piperidine rings is 2. The number of nitriles is 1. The second-order valence-electron chi connectivity index (χ2n) is 16.7. The third-order valence-electron chi connectivity index (χ3n) is 12.9. The highest BCUT2D eigenvalue weighted by atomic mass is 35.5. The Balaban J connectivity index is 0.687. The molecule has 3 saturated heterocycles. The van der Waals surface area contributed by atoms with E-state index in [1.54, 1.807) is 36.4 Å². The lowest BCUT2D eigenvalue weighted by Crippen LogP contribution is -2.58. The highest BCUT2D eigenvalue weighted by Gasteiger charge is 2.54. The number of hydrogen-bond acceptors (Lipinski definition) is 12. The smallest absolute Gasteiger partial charge is 0.272 e. The largest absolute Gasteiger partial charge is 0.490 e. The molecule has 1 aromatic heterocycles. The molecule has 0 radical (unpaired) electrons. The number of nitrogens with zero attached hydrogens (tertiary/aromatic N) is 7. The SMILES string of the molecule is N#Cc1ccc(OC2CC3(CC(NC(=O)c4ccc(N5CCC(CN6CCN(c7ccc8c(c7)C(=O)N(C7CCC(=O)NC7=O)C8=O)CC6)CC5)nn4)C3)C2)cc1Cl. The van der Waals surface area contributed by atoms with Crippen molar-refractivity contribution in [3.63, 3.8) is 0 Å². The van der Waals surface area contributed by atoms with Crippen LogP contribution >= 0.6 is 11.6 Å².